The van der Waals surface area contributed by atoms with Gasteiger partial charge in [0.05, 0.1) is 6.10 Å². The summed E-state index contributed by atoms with van der Waals surface area (Å²) < 4.78 is 4.79. The van der Waals surface area contributed by atoms with Crippen LogP contribution < -0.4 is 0 Å². The Hall–Kier alpha value is -2.09. The molecule has 7 nitrogen and oxygen atoms in total. The fraction of sp³-hybridized carbons (Fsp3) is 0.609. The summed E-state index contributed by atoms with van der Waals surface area (Å²) in [5.41, 5.74) is -2.13. The van der Waals surface area contributed by atoms with Gasteiger partial charge in [0.15, 0.2) is 18.0 Å². The monoisotopic (exact) mass is 416 g/mol. The van der Waals surface area contributed by atoms with E-state index in [9.17, 15) is 29.7 Å². The normalized spacial score (nSPS) is 44.4. The van der Waals surface area contributed by atoms with Crippen molar-refractivity contribution in [1.82, 2.24) is 0 Å². The second-order valence-corrected chi connectivity index (χ2v) is 9.50. The molecule has 7 atom stereocenters. The quantitative estimate of drug-likeness (QED) is 0.464. The van der Waals surface area contributed by atoms with E-state index in [1.54, 1.807) is 19.1 Å². The van der Waals surface area contributed by atoms with Crippen molar-refractivity contribution in [2.24, 2.45) is 22.7 Å². The molecule has 0 radical (unpaired) electrons. The lowest BCUT2D eigenvalue weighted by Crippen LogP contribution is -2.63. The summed E-state index contributed by atoms with van der Waals surface area (Å²) in [4.78, 5) is 35.9. The molecule has 2 fully saturated rings. The summed E-state index contributed by atoms with van der Waals surface area (Å²) in [6, 6.07) is 0. The SMILES string of the molecule is CC(=O)OCC(=O)[C@@]1(O)[C@H](O)C=C2[C@@H]3CCC4=CC(=O)C=C[C@]4(C)[C@H]3[C@@H](O)C[C@@]21C. The van der Waals surface area contributed by atoms with Crippen LogP contribution in [0.5, 0.6) is 0 Å². The van der Waals surface area contributed by atoms with E-state index in [0.29, 0.717) is 12.8 Å². The average molecular weight is 416 g/mol. The number of rotatable bonds is 3. The van der Waals surface area contributed by atoms with E-state index in [2.05, 4.69) is 0 Å². The third-order valence-corrected chi connectivity index (χ3v) is 7.96. The Morgan fingerprint density at radius 1 is 1.27 bits per heavy atom. The van der Waals surface area contributed by atoms with Gasteiger partial charge in [-0.05, 0) is 37.3 Å². The Morgan fingerprint density at radius 3 is 2.63 bits per heavy atom. The number of carbonyl (C=O) groups is 3. The first kappa shape index (κ1) is 21.2. The highest BCUT2D eigenvalue weighted by molar-refractivity contribution is 6.01. The Morgan fingerprint density at radius 2 is 1.97 bits per heavy atom. The van der Waals surface area contributed by atoms with Gasteiger partial charge < -0.3 is 20.1 Å². The second kappa shape index (κ2) is 6.70. The largest absolute Gasteiger partial charge is 0.458 e. The van der Waals surface area contributed by atoms with Gasteiger partial charge in [-0.15, -0.1) is 0 Å². The second-order valence-electron chi connectivity index (χ2n) is 9.50. The number of Topliss-reactive ketones (excluding diaryl/α,β-unsaturated/α-hetero) is 1. The van der Waals surface area contributed by atoms with Crippen molar-refractivity contribution in [2.45, 2.75) is 57.8 Å². The van der Waals surface area contributed by atoms with Crippen molar-refractivity contribution in [2.75, 3.05) is 6.61 Å². The summed E-state index contributed by atoms with van der Waals surface area (Å²) >= 11 is 0. The van der Waals surface area contributed by atoms with Gasteiger partial charge in [0.2, 0.25) is 5.78 Å². The maximum Gasteiger partial charge on any atom is 0.303 e. The summed E-state index contributed by atoms with van der Waals surface area (Å²) in [7, 11) is 0. The van der Waals surface area contributed by atoms with Crippen molar-refractivity contribution in [3.8, 4) is 0 Å². The molecule has 0 aromatic carbocycles. The molecular weight excluding hydrogens is 388 g/mol. The number of fused-ring (bicyclic) bond motifs is 5. The lowest BCUT2D eigenvalue weighted by Gasteiger charge is -2.58. The topological polar surface area (TPSA) is 121 Å². The molecular formula is C23H28O7. The van der Waals surface area contributed by atoms with Crippen LogP contribution in [0, 0.1) is 22.7 Å². The maximum absolute atomic E-state index is 12.9. The van der Waals surface area contributed by atoms with Gasteiger partial charge in [-0.2, -0.15) is 0 Å². The Balaban J connectivity index is 1.73. The molecule has 0 spiro atoms. The fourth-order valence-corrected chi connectivity index (χ4v) is 6.45. The third kappa shape index (κ3) is 2.65. The van der Waals surface area contributed by atoms with E-state index in [1.165, 1.54) is 13.0 Å². The highest BCUT2D eigenvalue weighted by Gasteiger charge is 2.68. The van der Waals surface area contributed by atoms with Crippen LogP contribution in [0.1, 0.15) is 40.0 Å². The molecule has 0 unspecified atom stereocenters. The number of ketones is 2. The number of aliphatic hydroxyl groups excluding tert-OH is 2. The smallest absolute Gasteiger partial charge is 0.303 e. The highest BCUT2D eigenvalue weighted by Crippen LogP contribution is 2.65. The Kier molecular flexibility index (Phi) is 4.73. The van der Waals surface area contributed by atoms with E-state index < -0.39 is 47.0 Å². The van der Waals surface area contributed by atoms with Gasteiger partial charge in [-0.1, -0.05) is 37.1 Å². The van der Waals surface area contributed by atoms with Crippen LogP contribution >= 0.6 is 0 Å². The van der Waals surface area contributed by atoms with Crippen LogP contribution in [0.2, 0.25) is 0 Å². The van der Waals surface area contributed by atoms with Crippen LogP contribution in [-0.2, 0) is 19.1 Å². The van der Waals surface area contributed by atoms with Gasteiger partial charge in [0.25, 0.3) is 0 Å². The number of esters is 1. The van der Waals surface area contributed by atoms with Gasteiger partial charge in [-0.3, -0.25) is 14.4 Å². The van der Waals surface area contributed by atoms with Crippen LogP contribution in [-0.4, -0.2) is 57.3 Å². The van der Waals surface area contributed by atoms with E-state index in [1.807, 2.05) is 13.0 Å². The van der Waals surface area contributed by atoms with Gasteiger partial charge in [0.1, 0.15) is 6.10 Å². The number of allylic oxidation sites excluding steroid dienone is 4. The lowest BCUT2D eigenvalue weighted by atomic mass is 9.47. The molecule has 4 aliphatic rings. The van der Waals surface area contributed by atoms with Crippen LogP contribution in [0.25, 0.3) is 0 Å². The van der Waals surface area contributed by atoms with Crippen molar-refractivity contribution in [3.05, 3.63) is 35.5 Å². The van der Waals surface area contributed by atoms with Crippen LogP contribution in [0.4, 0.5) is 0 Å². The highest BCUT2D eigenvalue weighted by atomic mass is 16.5. The molecule has 0 amide bonds. The number of hydrogen-bond donors (Lipinski definition) is 3. The van der Waals surface area contributed by atoms with Gasteiger partial charge >= 0.3 is 5.97 Å². The average Bonchev–Trinajstić information content (AvgIpc) is 2.87. The zero-order chi connectivity index (χ0) is 22.1. The number of carbonyl (C=O) groups excluding carboxylic acids is 3. The molecule has 3 N–H and O–H groups in total. The van der Waals surface area contributed by atoms with Crippen molar-refractivity contribution in [1.29, 1.82) is 0 Å². The fourth-order valence-electron chi connectivity index (χ4n) is 6.45. The predicted octanol–water partition coefficient (Wildman–Crippen LogP) is 1.02. The van der Waals surface area contributed by atoms with Gasteiger partial charge in [0, 0.05) is 23.7 Å². The molecule has 7 heteroatoms. The van der Waals surface area contributed by atoms with Gasteiger partial charge in [-0.25, -0.2) is 0 Å². The molecule has 0 aromatic heterocycles. The first-order valence-electron chi connectivity index (χ1n) is 10.4. The molecule has 0 heterocycles. The van der Waals surface area contributed by atoms with E-state index in [4.69, 9.17) is 4.74 Å². The van der Waals surface area contributed by atoms with Crippen LogP contribution in [0.3, 0.4) is 0 Å². The standard InChI is InChI=1S/C23H28O7/c1-12(24)30-11-19(28)23(29)18(27)9-16-15-5-4-13-8-14(25)6-7-21(13,2)20(15)17(26)10-22(16,23)3/h6-9,15,17-18,20,26-27,29H,4-5,10-11H2,1-3H3/t15-,17-,18+,20+,21-,22-,23-/m0/s1. The molecule has 0 aromatic rings. The Bertz CT molecular complexity index is 915. The minimum absolute atomic E-state index is 0.0583. The van der Waals surface area contributed by atoms with Crippen LogP contribution in [0.15, 0.2) is 35.5 Å². The molecule has 0 aliphatic heterocycles. The minimum Gasteiger partial charge on any atom is -0.458 e. The summed E-state index contributed by atoms with van der Waals surface area (Å²) in [6.45, 7) is 4.22. The first-order valence-corrected chi connectivity index (χ1v) is 10.4. The predicted molar refractivity (Wildman–Crippen MR) is 106 cm³/mol. The minimum atomic E-state index is -2.18. The summed E-state index contributed by atoms with van der Waals surface area (Å²) in [6.07, 6.45) is 5.64. The maximum atomic E-state index is 12.9. The molecule has 162 valence electrons. The summed E-state index contributed by atoms with van der Waals surface area (Å²) in [5, 5.41) is 33.4. The third-order valence-electron chi connectivity index (χ3n) is 7.96. The van der Waals surface area contributed by atoms with E-state index >= 15 is 0 Å². The van der Waals surface area contributed by atoms with E-state index in [-0.39, 0.29) is 24.0 Å². The summed E-state index contributed by atoms with van der Waals surface area (Å²) in [5.74, 6) is -1.89. The molecule has 0 saturated heterocycles. The molecule has 0 bridgehead atoms. The number of aliphatic hydroxyl groups is 3. The van der Waals surface area contributed by atoms with Crippen molar-refractivity contribution >= 4 is 17.5 Å². The Labute approximate surface area is 175 Å². The number of ether oxygens (including phenoxy) is 1. The first-order chi connectivity index (χ1) is 13.9. The van der Waals surface area contributed by atoms with E-state index in [0.717, 1.165) is 11.1 Å². The molecule has 2 saturated carbocycles. The molecule has 4 aliphatic carbocycles. The number of hydrogen-bond acceptors (Lipinski definition) is 7. The zero-order valence-electron chi connectivity index (χ0n) is 17.4. The van der Waals surface area contributed by atoms with Crippen molar-refractivity contribution < 1.29 is 34.4 Å². The zero-order valence-corrected chi connectivity index (χ0v) is 17.4. The molecule has 30 heavy (non-hydrogen) atoms. The molecule has 4 rings (SSSR count). The van der Waals surface area contributed by atoms with Crippen molar-refractivity contribution in [3.63, 3.8) is 0 Å². The lowest BCUT2D eigenvalue weighted by molar-refractivity contribution is -0.178.